The van der Waals surface area contributed by atoms with Crippen molar-refractivity contribution in [2.45, 2.75) is 50.0 Å². The number of carbonyl (C=O) groups excluding carboxylic acids is 2. The first-order valence-corrected chi connectivity index (χ1v) is 11.7. The van der Waals surface area contributed by atoms with Crippen LogP contribution in [-0.4, -0.2) is 72.2 Å². The van der Waals surface area contributed by atoms with E-state index in [1.54, 1.807) is 25.1 Å². The van der Waals surface area contributed by atoms with Crippen LogP contribution in [0.25, 0.3) is 0 Å². The number of nitrogens with zero attached hydrogens (tertiary/aromatic N) is 4. The monoisotopic (exact) mass is 455 g/mol. The third kappa shape index (κ3) is 4.88. The first-order valence-electron chi connectivity index (χ1n) is 11.7. The Morgan fingerprint density at radius 1 is 1.15 bits per heavy atom. The molecule has 9 heteroatoms. The Morgan fingerprint density at radius 3 is 2.61 bits per heavy atom. The van der Waals surface area contributed by atoms with Gasteiger partial charge in [0, 0.05) is 26.7 Å². The van der Waals surface area contributed by atoms with Crippen LogP contribution < -0.4 is 10.1 Å². The van der Waals surface area contributed by atoms with Crippen LogP contribution >= 0.6 is 0 Å². The van der Waals surface area contributed by atoms with Gasteiger partial charge in [-0.05, 0) is 43.4 Å². The fourth-order valence-electron chi connectivity index (χ4n) is 5.09. The Bertz CT molecular complexity index is 952. The van der Waals surface area contributed by atoms with E-state index < -0.39 is 5.41 Å². The van der Waals surface area contributed by atoms with Crippen LogP contribution in [-0.2, 0) is 14.9 Å². The van der Waals surface area contributed by atoms with E-state index >= 15 is 0 Å². The normalized spacial score (nSPS) is 19.9. The molecule has 2 amide bonds. The van der Waals surface area contributed by atoms with Gasteiger partial charge in [0.05, 0.1) is 31.4 Å². The molecule has 178 valence electrons. The van der Waals surface area contributed by atoms with E-state index in [2.05, 4.69) is 15.6 Å². The molecule has 9 nitrogen and oxygen atoms in total. The van der Waals surface area contributed by atoms with Gasteiger partial charge < -0.3 is 19.7 Å². The van der Waals surface area contributed by atoms with Gasteiger partial charge in [0.2, 0.25) is 5.91 Å². The van der Waals surface area contributed by atoms with Crippen molar-refractivity contribution in [2.24, 2.45) is 0 Å². The van der Waals surface area contributed by atoms with Crippen LogP contribution in [0, 0.1) is 0 Å². The summed E-state index contributed by atoms with van der Waals surface area (Å²) in [6.45, 7) is 2.17. The number of ether oxygens (including phenoxy) is 2. The van der Waals surface area contributed by atoms with Crippen LogP contribution in [0.4, 0.5) is 0 Å². The van der Waals surface area contributed by atoms with Crippen molar-refractivity contribution in [1.82, 2.24) is 25.2 Å². The van der Waals surface area contributed by atoms with Gasteiger partial charge in [0.15, 0.2) is 5.69 Å². The molecule has 1 saturated carbocycles. The third-order valence-corrected chi connectivity index (χ3v) is 6.90. The van der Waals surface area contributed by atoms with Gasteiger partial charge in [-0.15, -0.1) is 5.10 Å². The SMILES string of the molecule is COCCNC(=O)c1cn([C@@H]2CCCN(C(=O)C3(c4ccc(OC)cc4)CCCC3)C2)nn1. The number of amides is 2. The van der Waals surface area contributed by atoms with Crippen LogP contribution in [0.3, 0.4) is 0 Å². The molecular formula is C24H33N5O4. The average Bonchev–Trinajstić information content (AvgIpc) is 3.55. The van der Waals surface area contributed by atoms with Crippen molar-refractivity contribution in [3.05, 3.63) is 41.7 Å². The highest BCUT2D eigenvalue weighted by atomic mass is 16.5. The molecule has 0 bridgehead atoms. The van der Waals surface area contributed by atoms with E-state index in [-0.39, 0.29) is 23.6 Å². The molecule has 2 heterocycles. The molecule has 0 spiro atoms. The molecule has 2 aromatic rings. The van der Waals surface area contributed by atoms with Crippen LogP contribution in [0.5, 0.6) is 5.75 Å². The summed E-state index contributed by atoms with van der Waals surface area (Å²) in [5, 5.41) is 11.0. The van der Waals surface area contributed by atoms with Crippen molar-refractivity contribution in [3.8, 4) is 5.75 Å². The minimum absolute atomic E-state index is 0.00467. The second kappa shape index (κ2) is 10.3. The zero-order valence-electron chi connectivity index (χ0n) is 19.5. The highest BCUT2D eigenvalue weighted by Gasteiger charge is 2.45. The fraction of sp³-hybridized carbons (Fsp3) is 0.583. The summed E-state index contributed by atoms with van der Waals surface area (Å²) >= 11 is 0. The number of benzene rings is 1. The predicted octanol–water partition coefficient (Wildman–Crippen LogP) is 2.34. The summed E-state index contributed by atoms with van der Waals surface area (Å²) in [7, 11) is 3.24. The van der Waals surface area contributed by atoms with E-state index in [1.165, 1.54) is 0 Å². The molecular weight excluding hydrogens is 422 g/mol. The van der Waals surface area contributed by atoms with Gasteiger partial charge in [-0.2, -0.15) is 0 Å². The molecule has 1 N–H and O–H groups in total. The quantitative estimate of drug-likeness (QED) is 0.614. The van der Waals surface area contributed by atoms with Crippen molar-refractivity contribution >= 4 is 11.8 Å². The minimum atomic E-state index is -0.469. The van der Waals surface area contributed by atoms with E-state index in [4.69, 9.17) is 9.47 Å². The number of methoxy groups -OCH3 is 2. The largest absolute Gasteiger partial charge is 0.497 e. The molecule has 4 rings (SSSR count). The van der Waals surface area contributed by atoms with Crippen molar-refractivity contribution in [3.63, 3.8) is 0 Å². The van der Waals surface area contributed by atoms with E-state index in [1.807, 2.05) is 29.2 Å². The topological polar surface area (TPSA) is 98.6 Å². The summed E-state index contributed by atoms with van der Waals surface area (Å²) in [6.07, 6.45) is 7.32. The Morgan fingerprint density at radius 2 is 1.91 bits per heavy atom. The molecule has 1 aliphatic carbocycles. The molecule has 0 radical (unpaired) electrons. The van der Waals surface area contributed by atoms with Crippen molar-refractivity contribution < 1.29 is 19.1 Å². The van der Waals surface area contributed by atoms with Gasteiger partial charge in [0.1, 0.15) is 5.75 Å². The lowest BCUT2D eigenvalue weighted by Crippen LogP contribution is -2.49. The molecule has 1 aromatic carbocycles. The fourth-order valence-corrected chi connectivity index (χ4v) is 5.09. The Labute approximate surface area is 194 Å². The van der Waals surface area contributed by atoms with Crippen LogP contribution in [0.15, 0.2) is 30.5 Å². The maximum Gasteiger partial charge on any atom is 0.273 e. The summed E-state index contributed by atoms with van der Waals surface area (Å²) < 4.78 is 12.0. The van der Waals surface area contributed by atoms with Gasteiger partial charge in [-0.3, -0.25) is 9.59 Å². The van der Waals surface area contributed by atoms with E-state index in [9.17, 15) is 9.59 Å². The maximum atomic E-state index is 13.9. The average molecular weight is 456 g/mol. The lowest BCUT2D eigenvalue weighted by atomic mass is 9.77. The zero-order chi connectivity index (χ0) is 23.3. The molecule has 33 heavy (non-hydrogen) atoms. The standard InChI is InChI=1S/C24H33N5O4/c1-32-15-13-25-22(30)21-17-29(27-26-21)19-6-5-14-28(16-19)23(31)24(11-3-4-12-24)18-7-9-20(33-2)10-8-18/h7-10,17,19H,3-6,11-16H2,1-2H3,(H,25,30)/t19-/m1/s1. The first-order chi connectivity index (χ1) is 16.1. The highest BCUT2D eigenvalue weighted by molar-refractivity contribution is 5.91. The van der Waals surface area contributed by atoms with Gasteiger partial charge in [-0.25, -0.2) is 4.68 Å². The summed E-state index contributed by atoms with van der Waals surface area (Å²) in [4.78, 5) is 28.1. The Hall–Kier alpha value is -2.94. The van der Waals surface area contributed by atoms with Gasteiger partial charge in [0.25, 0.3) is 5.91 Å². The summed E-state index contributed by atoms with van der Waals surface area (Å²) in [5.41, 5.74) is 0.881. The van der Waals surface area contributed by atoms with Gasteiger partial charge in [-0.1, -0.05) is 30.2 Å². The number of carbonyl (C=O) groups is 2. The molecule has 2 fully saturated rings. The Balaban J connectivity index is 1.47. The number of piperidine rings is 1. The van der Waals surface area contributed by atoms with E-state index in [0.717, 1.165) is 56.4 Å². The third-order valence-electron chi connectivity index (χ3n) is 6.90. The van der Waals surface area contributed by atoms with Gasteiger partial charge >= 0.3 is 0 Å². The molecule has 1 aliphatic heterocycles. The summed E-state index contributed by atoms with van der Waals surface area (Å²) in [5.74, 6) is 0.726. The molecule has 1 aromatic heterocycles. The number of likely N-dealkylation sites (tertiary alicyclic amines) is 1. The summed E-state index contributed by atoms with van der Waals surface area (Å²) in [6, 6.07) is 7.96. The maximum absolute atomic E-state index is 13.9. The van der Waals surface area contributed by atoms with Crippen molar-refractivity contribution in [2.75, 3.05) is 40.5 Å². The van der Waals surface area contributed by atoms with E-state index in [0.29, 0.717) is 19.7 Å². The second-order valence-electron chi connectivity index (χ2n) is 8.90. The highest BCUT2D eigenvalue weighted by Crippen LogP contribution is 2.43. The molecule has 1 atom stereocenters. The van der Waals surface area contributed by atoms with Crippen LogP contribution in [0.1, 0.15) is 60.6 Å². The second-order valence-corrected chi connectivity index (χ2v) is 8.90. The minimum Gasteiger partial charge on any atom is -0.497 e. The van der Waals surface area contributed by atoms with Crippen LogP contribution in [0.2, 0.25) is 0 Å². The number of rotatable bonds is 8. The zero-order valence-corrected chi connectivity index (χ0v) is 19.5. The lowest BCUT2D eigenvalue weighted by Gasteiger charge is -2.39. The van der Waals surface area contributed by atoms with Crippen molar-refractivity contribution in [1.29, 1.82) is 0 Å². The smallest absolute Gasteiger partial charge is 0.273 e. The lowest BCUT2D eigenvalue weighted by molar-refractivity contribution is -0.139. The number of aromatic nitrogens is 3. The number of nitrogens with one attached hydrogen (secondary N) is 1. The molecule has 0 unspecified atom stereocenters. The number of hydrogen-bond acceptors (Lipinski definition) is 6. The Kier molecular flexibility index (Phi) is 7.27. The number of hydrogen-bond donors (Lipinski definition) is 1. The predicted molar refractivity (Wildman–Crippen MR) is 122 cm³/mol. The first kappa shape index (κ1) is 23.2. The molecule has 1 saturated heterocycles. The molecule has 2 aliphatic rings.